The zero-order valence-corrected chi connectivity index (χ0v) is 9.39. The maximum atomic E-state index is 4.36. The topological polar surface area (TPSA) is 17.8 Å². The normalized spacial score (nSPS) is 10.5. The average molecular weight is 226 g/mol. The van der Waals surface area contributed by atoms with Crippen LogP contribution in [0.4, 0.5) is 0 Å². The maximum absolute atomic E-state index is 4.36. The first-order valence-corrected chi connectivity index (χ1v) is 5.95. The Balaban J connectivity index is 2.00. The summed E-state index contributed by atoms with van der Waals surface area (Å²) in [5.74, 6) is 0. The number of hydrogen-bond donors (Lipinski definition) is 0. The van der Waals surface area contributed by atoms with E-state index in [1.807, 2.05) is 35.1 Å². The molecule has 0 N–H and O–H groups in total. The minimum absolute atomic E-state index is 1.14. The molecule has 0 saturated carbocycles. The summed E-state index contributed by atoms with van der Waals surface area (Å²) in [7, 11) is 0. The van der Waals surface area contributed by atoms with Crippen molar-refractivity contribution in [3.05, 3.63) is 60.2 Å². The van der Waals surface area contributed by atoms with Gasteiger partial charge < -0.3 is 0 Å². The van der Waals surface area contributed by atoms with Gasteiger partial charge in [0.25, 0.3) is 0 Å². The van der Waals surface area contributed by atoms with Crippen LogP contribution in [0.25, 0.3) is 16.1 Å². The van der Waals surface area contributed by atoms with Crippen molar-refractivity contribution in [2.75, 3.05) is 0 Å². The van der Waals surface area contributed by atoms with Crippen LogP contribution in [0.5, 0.6) is 0 Å². The fourth-order valence-electron chi connectivity index (χ4n) is 1.62. The van der Waals surface area contributed by atoms with Crippen molar-refractivity contribution in [1.29, 1.82) is 0 Å². The highest BCUT2D eigenvalue weighted by Gasteiger charge is 2.02. The van der Waals surface area contributed by atoms with Crippen LogP contribution in [-0.2, 0) is 0 Å². The zero-order valence-electron chi connectivity index (χ0n) is 8.58. The minimum atomic E-state index is 1.14. The van der Waals surface area contributed by atoms with Gasteiger partial charge in [0.15, 0.2) is 0 Å². The van der Waals surface area contributed by atoms with E-state index >= 15 is 0 Å². The van der Waals surface area contributed by atoms with Crippen molar-refractivity contribution in [1.82, 2.24) is 9.78 Å². The molecule has 0 fully saturated rings. The molecule has 0 saturated heterocycles. The molecule has 0 aliphatic rings. The third kappa shape index (κ3) is 1.66. The van der Waals surface area contributed by atoms with Gasteiger partial charge >= 0.3 is 0 Å². The van der Waals surface area contributed by atoms with Gasteiger partial charge in [-0.05, 0) is 23.1 Å². The van der Waals surface area contributed by atoms with E-state index < -0.39 is 0 Å². The van der Waals surface area contributed by atoms with Gasteiger partial charge in [-0.1, -0.05) is 30.3 Å². The molecule has 0 spiro atoms. The Labute approximate surface area is 97.8 Å². The first-order valence-electron chi connectivity index (χ1n) is 5.07. The van der Waals surface area contributed by atoms with Gasteiger partial charge in [0.1, 0.15) is 5.00 Å². The second kappa shape index (κ2) is 3.94. The maximum Gasteiger partial charge on any atom is 0.117 e. The first kappa shape index (κ1) is 9.36. The molecule has 0 radical (unpaired) electrons. The summed E-state index contributed by atoms with van der Waals surface area (Å²) in [6.07, 6.45) is 3.95. The molecule has 3 aromatic rings. The highest BCUT2D eigenvalue weighted by molar-refractivity contribution is 7.12. The van der Waals surface area contributed by atoms with Crippen LogP contribution < -0.4 is 0 Å². The molecule has 0 atom stereocenters. The Morgan fingerprint density at radius 1 is 0.938 bits per heavy atom. The van der Waals surface area contributed by atoms with Crippen LogP contribution >= 0.6 is 11.3 Å². The largest absolute Gasteiger partial charge is 0.230 e. The van der Waals surface area contributed by atoms with E-state index in [2.05, 4.69) is 34.9 Å². The summed E-state index contributed by atoms with van der Waals surface area (Å²) in [6, 6.07) is 14.4. The van der Waals surface area contributed by atoms with Gasteiger partial charge in [-0.2, -0.15) is 5.10 Å². The highest BCUT2D eigenvalue weighted by atomic mass is 32.1. The summed E-state index contributed by atoms with van der Waals surface area (Å²) in [5, 5.41) is 7.56. The Hall–Kier alpha value is -1.87. The summed E-state index contributed by atoms with van der Waals surface area (Å²) in [6.45, 7) is 0. The number of rotatable bonds is 2. The lowest BCUT2D eigenvalue weighted by Gasteiger charge is -1.95. The highest BCUT2D eigenvalue weighted by Crippen LogP contribution is 2.21. The molecule has 3 heteroatoms. The number of nitrogens with zero attached hydrogens (tertiary/aromatic N) is 2. The number of hydrogen-bond acceptors (Lipinski definition) is 2. The lowest BCUT2D eigenvalue weighted by molar-refractivity contribution is 0.898. The molecule has 0 amide bonds. The first-order chi connectivity index (χ1) is 7.93. The second-order valence-electron chi connectivity index (χ2n) is 3.49. The molecule has 0 unspecified atom stereocenters. The molecular weight excluding hydrogens is 216 g/mol. The van der Waals surface area contributed by atoms with E-state index in [4.69, 9.17) is 0 Å². The van der Waals surface area contributed by atoms with Crippen molar-refractivity contribution >= 4 is 11.3 Å². The van der Waals surface area contributed by atoms with Gasteiger partial charge in [-0.3, -0.25) is 0 Å². The molecule has 78 valence electrons. The van der Waals surface area contributed by atoms with Crippen LogP contribution in [0.3, 0.4) is 0 Å². The van der Waals surface area contributed by atoms with Crippen LogP contribution in [0.1, 0.15) is 0 Å². The molecule has 2 aromatic heterocycles. The summed E-state index contributed by atoms with van der Waals surface area (Å²) < 4.78 is 1.91. The lowest BCUT2D eigenvalue weighted by atomic mass is 10.1. The predicted molar refractivity (Wildman–Crippen MR) is 66.9 cm³/mol. The Morgan fingerprint density at radius 2 is 1.81 bits per heavy atom. The van der Waals surface area contributed by atoms with Crippen LogP contribution in [0.2, 0.25) is 0 Å². The third-order valence-corrected chi connectivity index (χ3v) is 3.28. The average Bonchev–Trinajstić information content (AvgIpc) is 3.01. The third-order valence-electron chi connectivity index (χ3n) is 2.42. The number of thiophene rings is 1. The van der Waals surface area contributed by atoms with Crippen LogP contribution in [0.15, 0.2) is 60.2 Å². The molecule has 2 nitrogen and oxygen atoms in total. The SMILES string of the molecule is c1ccc(-c2cnn(-c3cccs3)c2)cc1. The Bertz CT molecular complexity index is 567. The van der Waals surface area contributed by atoms with Crippen molar-refractivity contribution in [3.63, 3.8) is 0 Å². The summed E-state index contributed by atoms with van der Waals surface area (Å²) in [4.78, 5) is 0. The quantitative estimate of drug-likeness (QED) is 0.652. The molecule has 3 rings (SSSR count). The van der Waals surface area contributed by atoms with Gasteiger partial charge in [0, 0.05) is 11.8 Å². The van der Waals surface area contributed by atoms with Crippen molar-refractivity contribution in [3.8, 4) is 16.1 Å². The molecule has 0 bridgehead atoms. The van der Waals surface area contributed by atoms with Gasteiger partial charge in [-0.15, -0.1) is 11.3 Å². The van der Waals surface area contributed by atoms with E-state index in [9.17, 15) is 0 Å². The Morgan fingerprint density at radius 3 is 2.56 bits per heavy atom. The Kier molecular flexibility index (Phi) is 2.31. The number of aromatic nitrogens is 2. The van der Waals surface area contributed by atoms with E-state index in [1.54, 1.807) is 11.3 Å². The monoisotopic (exact) mass is 226 g/mol. The molecule has 2 heterocycles. The predicted octanol–water partition coefficient (Wildman–Crippen LogP) is 3.60. The van der Waals surface area contributed by atoms with Crippen molar-refractivity contribution < 1.29 is 0 Å². The standard InChI is InChI=1S/C13H10N2S/c1-2-5-11(6-3-1)12-9-14-15(10-12)13-7-4-8-16-13/h1-10H. The fourth-order valence-corrected chi connectivity index (χ4v) is 2.28. The van der Waals surface area contributed by atoms with Crippen LogP contribution in [-0.4, -0.2) is 9.78 Å². The molecular formula is C13H10N2S. The van der Waals surface area contributed by atoms with Crippen LogP contribution in [0, 0.1) is 0 Å². The van der Waals surface area contributed by atoms with Gasteiger partial charge in [-0.25, -0.2) is 4.68 Å². The van der Waals surface area contributed by atoms with E-state index in [0.717, 1.165) is 10.6 Å². The molecule has 16 heavy (non-hydrogen) atoms. The van der Waals surface area contributed by atoms with Gasteiger partial charge in [0.05, 0.1) is 6.20 Å². The minimum Gasteiger partial charge on any atom is -0.230 e. The molecule has 1 aromatic carbocycles. The molecule has 0 aliphatic heterocycles. The van der Waals surface area contributed by atoms with Gasteiger partial charge in [0.2, 0.25) is 0 Å². The van der Waals surface area contributed by atoms with E-state index in [-0.39, 0.29) is 0 Å². The van der Waals surface area contributed by atoms with E-state index in [1.165, 1.54) is 5.56 Å². The second-order valence-corrected chi connectivity index (χ2v) is 4.42. The summed E-state index contributed by atoms with van der Waals surface area (Å²) >= 11 is 1.69. The fraction of sp³-hybridized carbons (Fsp3) is 0. The van der Waals surface area contributed by atoms with Crippen molar-refractivity contribution in [2.24, 2.45) is 0 Å². The lowest BCUT2D eigenvalue weighted by Crippen LogP contribution is -1.88. The number of benzene rings is 1. The smallest absolute Gasteiger partial charge is 0.117 e. The van der Waals surface area contributed by atoms with Crippen molar-refractivity contribution in [2.45, 2.75) is 0 Å². The molecule has 0 aliphatic carbocycles. The van der Waals surface area contributed by atoms with E-state index in [0.29, 0.717) is 0 Å². The zero-order chi connectivity index (χ0) is 10.8. The summed E-state index contributed by atoms with van der Waals surface area (Å²) in [5.41, 5.74) is 2.35.